The monoisotopic (exact) mass is 206 g/mol. The summed E-state index contributed by atoms with van der Waals surface area (Å²) in [6.45, 7) is 0.479. The molecule has 3 heteroatoms. The van der Waals surface area contributed by atoms with Gasteiger partial charge in [-0.05, 0) is 6.42 Å². The third kappa shape index (κ3) is 2.17. The van der Waals surface area contributed by atoms with Crippen molar-refractivity contribution in [3.05, 3.63) is 24.3 Å². The van der Waals surface area contributed by atoms with Crippen LogP contribution in [0.1, 0.15) is 19.3 Å². The average Bonchev–Trinajstić information content (AvgIpc) is 2.67. The molecule has 1 saturated carbocycles. The smallest absolute Gasteiger partial charge is 0.306 e. The van der Waals surface area contributed by atoms with Gasteiger partial charge in [-0.25, -0.2) is 0 Å². The van der Waals surface area contributed by atoms with Crippen LogP contribution in [-0.2, 0) is 14.3 Å². The maximum Gasteiger partial charge on any atom is 0.306 e. The SMILES string of the molecule is O=CCCC(=O)OCC1CC12C=CC=C2. The number of esters is 1. The van der Waals surface area contributed by atoms with Crippen molar-refractivity contribution in [2.45, 2.75) is 19.3 Å². The fourth-order valence-electron chi connectivity index (χ4n) is 1.96. The van der Waals surface area contributed by atoms with E-state index >= 15 is 0 Å². The van der Waals surface area contributed by atoms with E-state index in [9.17, 15) is 9.59 Å². The number of carbonyl (C=O) groups excluding carboxylic acids is 2. The van der Waals surface area contributed by atoms with Crippen molar-refractivity contribution in [3.8, 4) is 0 Å². The lowest BCUT2D eigenvalue weighted by Crippen LogP contribution is -2.09. The van der Waals surface area contributed by atoms with Gasteiger partial charge >= 0.3 is 5.97 Å². The molecule has 2 aliphatic rings. The highest BCUT2D eigenvalue weighted by Crippen LogP contribution is 2.56. The van der Waals surface area contributed by atoms with Crippen molar-refractivity contribution in [1.82, 2.24) is 0 Å². The molecule has 0 amide bonds. The van der Waals surface area contributed by atoms with E-state index in [0.717, 1.165) is 12.7 Å². The zero-order chi connectivity index (χ0) is 10.7. The lowest BCUT2D eigenvalue weighted by atomic mass is 10.1. The van der Waals surface area contributed by atoms with Crippen molar-refractivity contribution in [2.24, 2.45) is 11.3 Å². The highest BCUT2D eigenvalue weighted by atomic mass is 16.5. The molecule has 1 spiro atoms. The molecule has 15 heavy (non-hydrogen) atoms. The number of hydrogen-bond acceptors (Lipinski definition) is 3. The Morgan fingerprint density at radius 2 is 2.20 bits per heavy atom. The first kappa shape index (κ1) is 10.1. The summed E-state index contributed by atoms with van der Waals surface area (Å²) < 4.78 is 5.09. The fourth-order valence-corrected chi connectivity index (χ4v) is 1.96. The summed E-state index contributed by atoms with van der Waals surface area (Å²) in [4.78, 5) is 21.2. The van der Waals surface area contributed by atoms with Crippen LogP contribution in [0, 0.1) is 11.3 Å². The van der Waals surface area contributed by atoms with Crippen LogP contribution in [-0.4, -0.2) is 18.9 Å². The van der Waals surface area contributed by atoms with Gasteiger partial charge in [-0.1, -0.05) is 24.3 Å². The van der Waals surface area contributed by atoms with E-state index in [1.54, 1.807) is 0 Å². The van der Waals surface area contributed by atoms with Crippen LogP contribution >= 0.6 is 0 Å². The van der Waals surface area contributed by atoms with Gasteiger partial charge in [0.1, 0.15) is 6.29 Å². The second kappa shape index (κ2) is 4.01. The van der Waals surface area contributed by atoms with Crippen molar-refractivity contribution >= 4 is 12.3 Å². The van der Waals surface area contributed by atoms with Crippen LogP contribution in [0.3, 0.4) is 0 Å². The van der Waals surface area contributed by atoms with Gasteiger partial charge in [0.2, 0.25) is 0 Å². The molecule has 0 aliphatic heterocycles. The van der Waals surface area contributed by atoms with Crippen LogP contribution in [0.2, 0.25) is 0 Å². The zero-order valence-corrected chi connectivity index (χ0v) is 8.52. The summed E-state index contributed by atoms with van der Waals surface area (Å²) in [6.07, 6.45) is 10.7. The zero-order valence-electron chi connectivity index (χ0n) is 8.52. The Labute approximate surface area is 88.8 Å². The van der Waals surface area contributed by atoms with Crippen molar-refractivity contribution in [3.63, 3.8) is 0 Å². The minimum absolute atomic E-state index is 0.185. The predicted molar refractivity (Wildman–Crippen MR) is 55.1 cm³/mol. The van der Waals surface area contributed by atoms with Crippen molar-refractivity contribution < 1.29 is 14.3 Å². The lowest BCUT2D eigenvalue weighted by Gasteiger charge is -2.05. The van der Waals surface area contributed by atoms with E-state index in [4.69, 9.17) is 4.74 Å². The van der Waals surface area contributed by atoms with Crippen LogP contribution in [0.5, 0.6) is 0 Å². The Hall–Kier alpha value is -1.38. The molecule has 1 atom stereocenters. The van der Waals surface area contributed by atoms with Crippen molar-refractivity contribution in [1.29, 1.82) is 0 Å². The summed E-state index contributed by atoms with van der Waals surface area (Å²) in [6, 6.07) is 0. The van der Waals surface area contributed by atoms with E-state index in [1.165, 1.54) is 0 Å². The number of hydrogen-bond donors (Lipinski definition) is 0. The van der Waals surface area contributed by atoms with E-state index in [-0.39, 0.29) is 24.2 Å². The van der Waals surface area contributed by atoms with E-state index in [2.05, 4.69) is 12.2 Å². The van der Waals surface area contributed by atoms with Gasteiger partial charge in [0, 0.05) is 17.8 Å². The second-order valence-electron chi connectivity index (χ2n) is 4.12. The number of carbonyl (C=O) groups is 2. The molecule has 80 valence electrons. The molecule has 0 aromatic carbocycles. The van der Waals surface area contributed by atoms with Gasteiger partial charge in [-0.3, -0.25) is 4.79 Å². The van der Waals surface area contributed by atoms with E-state index in [0.29, 0.717) is 12.5 Å². The maximum atomic E-state index is 11.1. The summed E-state index contributed by atoms with van der Waals surface area (Å²) in [5, 5.41) is 0. The molecule has 0 aromatic heterocycles. The molecule has 2 aliphatic carbocycles. The molecule has 0 heterocycles. The van der Waals surface area contributed by atoms with Crippen LogP contribution in [0.25, 0.3) is 0 Å². The first-order valence-electron chi connectivity index (χ1n) is 5.23. The molecular weight excluding hydrogens is 192 g/mol. The second-order valence-corrected chi connectivity index (χ2v) is 4.12. The Morgan fingerprint density at radius 3 is 2.87 bits per heavy atom. The normalized spacial score (nSPS) is 24.4. The topological polar surface area (TPSA) is 43.4 Å². The number of aldehydes is 1. The fraction of sp³-hybridized carbons (Fsp3) is 0.500. The maximum absolute atomic E-state index is 11.1. The Bertz CT molecular complexity index is 316. The Morgan fingerprint density at radius 1 is 1.47 bits per heavy atom. The number of rotatable bonds is 5. The third-order valence-corrected chi connectivity index (χ3v) is 3.04. The molecule has 3 nitrogen and oxygen atoms in total. The summed E-state index contributed by atoms with van der Waals surface area (Å²) in [7, 11) is 0. The predicted octanol–water partition coefficient (Wildman–Crippen LogP) is 1.64. The molecule has 0 saturated heterocycles. The molecule has 1 unspecified atom stereocenters. The molecule has 2 rings (SSSR count). The number of allylic oxidation sites excluding steroid dienone is 4. The van der Waals surface area contributed by atoms with Gasteiger partial charge in [0.15, 0.2) is 0 Å². The quantitative estimate of drug-likeness (QED) is 0.507. The lowest BCUT2D eigenvalue weighted by molar-refractivity contribution is -0.144. The molecular formula is C12H14O3. The summed E-state index contributed by atoms with van der Waals surface area (Å²) >= 11 is 0. The Balaban J connectivity index is 1.68. The molecule has 0 aromatic rings. The molecule has 1 fully saturated rings. The van der Waals surface area contributed by atoms with Crippen molar-refractivity contribution in [2.75, 3.05) is 6.61 Å². The number of ether oxygens (including phenoxy) is 1. The molecule has 0 radical (unpaired) electrons. The average molecular weight is 206 g/mol. The minimum atomic E-state index is -0.268. The molecule has 0 N–H and O–H groups in total. The van der Waals surface area contributed by atoms with E-state index in [1.807, 2.05) is 12.2 Å². The largest absolute Gasteiger partial charge is 0.465 e. The minimum Gasteiger partial charge on any atom is -0.465 e. The van der Waals surface area contributed by atoms with Gasteiger partial charge in [-0.15, -0.1) is 0 Å². The highest BCUT2D eigenvalue weighted by Gasteiger charge is 2.51. The Kier molecular flexibility index (Phi) is 2.71. The van der Waals surface area contributed by atoms with Gasteiger partial charge < -0.3 is 9.53 Å². The van der Waals surface area contributed by atoms with Crippen LogP contribution < -0.4 is 0 Å². The van der Waals surface area contributed by atoms with Gasteiger partial charge in [-0.2, -0.15) is 0 Å². The highest BCUT2D eigenvalue weighted by molar-refractivity contribution is 5.72. The van der Waals surface area contributed by atoms with Gasteiger partial charge in [0.05, 0.1) is 13.0 Å². The third-order valence-electron chi connectivity index (χ3n) is 3.04. The summed E-state index contributed by atoms with van der Waals surface area (Å²) in [5.74, 6) is 0.169. The first-order chi connectivity index (χ1) is 7.27. The first-order valence-corrected chi connectivity index (χ1v) is 5.23. The molecule has 0 bridgehead atoms. The standard InChI is InChI=1S/C12H14O3/c13-7-3-4-11(14)15-9-10-8-12(10)5-1-2-6-12/h1-2,5-7,10H,3-4,8-9H2. The summed E-state index contributed by atoms with van der Waals surface area (Å²) in [5.41, 5.74) is 0.185. The van der Waals surface area contributed by atoms with Crippen LogP contribution in [0.15, 0.2) is 24.3 Å². The van der Waals surface area contributed by atoms with E-state index < -0.39 is 0 Å². The van der Waals surface area contributed by atoms with Crippen LogP contribution in [0.4, 0.5) is 0 Å². The van der Waals surface area contributed by atoms with Gasteiger partial charge in [0.25, 0.3) is 0 Å².